The molecule has 0 amide bonds. The Labute approximate surface area is 102 Å². The van der Waals surface area contributed by atoms with E-state index in [1.54, 1.807) is 0 Å². The minimum atomic E-state index is -1.04. The highest BCUT2D eigenvalue weighted by atomic mass is 15.2. The van der Waals surface area contributed by atoms with Gasteiger partial charge in [-0.25, -0.2) is 0 Å². The third-order valence-corrected chi connectivity index (χ3v) is 2.88. The van der Waals surface area contributed by atoms with Crippen LogP contribution in [0.5, 0.6) is 0 Å². The molecule has 18 heavy (non-hydrogen) atoms. The van der Waals surface area contributed by atoms with Crippen LogP contribution >= 0.6 is 0 Å². The molecule has 2 unspecified atom stereocenters. The summed E-state index contributed by atoms with van der Waals surface area (Å²) in [5, 5.41) is 43.8. The summed E-state index contributed by atoms with van der Waals surface area (Å²) in [6.07, 6.45) is 0. The first-order chi connectivity index (χ1) is 8.62. The van der Waals surface area contributed by atoms with E-state index in [0.717, 1.165) is 4.58 Å². The highest BCUT2D eigenvalue weighted by molar-refractivity contribution is 6.01. The van der Waals surface area contributed by atoms with Gasteiger partial charge < -0.3 is 11.1 Å². The fourth-order valence-electron chi connectivity index (χ4n) is 2.08. The second kappa shape index (κ2) is 3.68. The molecular weight excluding hydrogens is 230 g/mol. The summed E-state index contributed by atoms with van der Waals surface area (Å²) >= 11 is 0. The Morgan fingerprint density at radius 1 is 1.22 bits per heavy atom. The smallest absolute Gasteiger partial charge is 0.257 e. The molecule has 84 valence electrons. The van der Waals surface area contributed by atoms with Gasteiger partial charge in [0.05, 0.1) is 17.7 Å². The van der Waals surface area contributed by atoms with E-state index in [1.165, 1.54) is 0 Å². The minimum absolute atomic E-state index is 0.000231. The zero-order valence-corrected chi connectivity index (χ0v) is 8.97. The first kappa shape index (κ1) is 11.3. The minimum Gasteiger partial charge on any atom is -0.763 e. The predicted octanol–water partition coefficient (Wildman–Crippen LogP) is -0.417. The van der Waals surface area contributed by atoms with Crippen molar-refractivity contribution in [2.75, 3.05) is 0 Å². The van der Waals surface area contributed by atoms with Crippen LogP contribution in [0.15, 0.2) is 16.8 Å². The number of hydrogen-bond donors (Lipinski definition) is 2. The largest absolute Gasteiger partial charge is 0.763 e. The van der Waals surface area contributed by atoms with Crippen LogP contribution < -0.4 is 5.73 Å². The fourth-order valence-corrected chi connectivity index (χ4v) is 2.08. The number of nitriles is 3. The van der Waals surface area contributed by atoms with Gasteiger partial charge in [-0.2, -0.15) is 25.8 Å². The van der Waals surface area contributed by atoms with Crippen LogP contribution in [-0.2, 0) is 0 Å². The molecule has 2 atom stereocenters. The molecule has 0 bridgehead atoms. The van der Waals surface area contributed by atoms with E-state index in [2.05, 4.69) is 0 Å². The Morgan fingerprint density at radius 2 is 1.83 bits per heavy atom. The molecular formula is C11H5N7. The monoisotopic (exact) mass is 235 g/mol. The Balaban J connectivity index is 2.85. The zero-order valence-electron chi connectivity index (χ0n) is 8.97. The average Bonchev–Trinajstić information content (AvgIpc) is 2.81. The average molecular weight is 235 g/mol. The summed E-state index contributed by atoms with van der Waals surface area (Å²) in [5.41, 5.74) is 5.87. The summed E-state index contributed by atoms with van der Waals surface area (Å²) in [6, 6.07) is 5.51. The van der Waals surface area contributed by atoms with E-state index >= 15 is 0 Å². The van der Waals surface area contributed by atoms with E-state index < -0.39 is 11.8 Å². The number of rotatable bonds is 0. The maximum absolute atomic E-state index is 9.06. The number of allylic oxidation sites excluding steroid dienone is 1. The molecule has 0 aliphatic carbocycles. The molecule has 1 saturated heterocycles. The maximum Gasteiger partial charge on any atom is 0.257 e. The highest BCUT2D eigenvalue weighted by Crippen LogP contribution is 2.37. The molecule has 0 aromatic heterocycles. The van der Waals surface area contributed by atoms with Crippen molar-refractivity contribution in [3.8, 4) is 18.2 Å². The van der Waals surface area contributed by atoms with Crippen molar-refractivity contribution < 1.29 is 4.58 Å². The lowest BCUT2D eigenvalue weighted by Crippen LogP contribution is -2.31. The summed E-state index contributed by atoms with van der Waals surface area (Å²) in [5.74, 6) is -0.368. The molecule has 7 heteroatoms. The second-order valence-electron chi connectivity index (χ2n) is 3.67. The number of nitrogens with two attached hydrogens (primary N) is 1. The molecule has 3 N–H and O–H groups in total. The Kier molecular flexibility index (Phi) is 2.31. The summed E-state index contributed by atoms with van der Waals surface area (Å²) in [6.45, 7) is 0. The van der Waals surface area contributed by atoms with Crippen molar-refractivity contribution >= 4 is 17.5 Å². The van der Waals surface area contributed by atoms with Crippen LogP contribution in [-0.4, -0.2) is 22.1 Å². The van der Waals surface area contributed by atoms with Crippen LogP contribution in [0, 0.1) is 51.2 Å². The molecule has 2 heterocycles. The maximum atomic E-state index is 9.06. The van der Waals surface area contributed by atoms with Gasteiger partial charge in [0.2, 0.25) is 5.84 Å². The number of hydrogen-bond acceptors (Lipinski definition) is 5. The molecule has 0 saturated carbocycles. The Morgan fingerprint density at radius 3 is 2.28 bits per heavy atom. The van der Waals surface area contributed by atoms with Crippen molar-refractivity contribution in [3.63, 3.8) is 0 Å². The van der Waals surface area contributed by atoms with Crippen molar-refractivity contribution in [2.45, 2.75) is 0 Å². The third-order valence-electron chi connectivity index (χ3n) is 2.88. The fraction of sp³-hybridized carbons (Fsp3) is 0.182. The van der Waals surface area contributed by atoms with Gasteiger partial charge in [0.25, 0.3) is 5.84 Å². The first-order valence-electron chi connectivity index (χ1n) is 4.84. The molecule has 0 spiro atoms. The van der Waals surface area contributed by atoms with E-state index in [4.69, 9.17) is 32.3 Å². The van der Waals surface area contributed by atoms with Gasteiger partial charge >= 0.3 is 0 Å². The van der Waals surface area contributed by atoms with Crippen molar-refractivity contribution in [2.24, 2.45) is 17.6 Å². The van der Waals surface area contributed by atoms with Gasteiger partial charge in [0.1, 0.15) is 11.8 Å². The quantitative estimate of drug-likeness (QED) is 0.433. The van der Waals surface area contributed by atoms with Crippen LogP contribution in [0.3, 0.4) is 0 Å². The van der Waals surface area contributed by atoms with E-state index in [0.29, 0.717) is 0 Å². The molecule has 2 rings (SSSR count). The molecule has 0 aromatic carbocycles. The highest BCUT2D eigenvalue weighted by Gasteiger charge is 2.49. The van der Waals surface area contributed by atoms with Gasteiger partial charge in [-0.15, -0.1) is 0 Å². The molecule has 1 fully saturated rings. The lowest BCUT2D eigenvalue weighted by atomic mass is 9.95. The molecule has 0 aromatic rings. The SMILES string of the molecule is N#CC1=C2C(=C=[N-])C(C#N)C(=N)[N+]2=C(N)C1C#N. The lowest BCUT2D eigenvalue weighted by Gasteiger charge is -2.00. The summed E-state index contributed by atoms with van der Waals surface area (Å²) in [4.78, 5) is 0. The Hall–Kier alpha value is -3.20. The van der Waals surface area contributed by atoms with Crippen molar-refractivity contribution in [1.29, 1.82) is 21.2 Å². The van der Waals surface area contributed by atoms with E-state index in [1.807, 2.05) is 24.1 Å². The van der Waals surface area contributed by atoms with Crippen LogP contribution in [0.1, 0.15) is 0 Å². The van der Waals surface area contributed by atoms with Crippen molar-refractivity contribution in [1.82, 2.24) is 0 Å². The van der Waals surface area contributed by atoms with Gasteiger partial charge in [-0.05, 0) is 0 Å². The van der Waals surface area contributed by atoms with E-state index in [9.17, 15) is 0 Å². The van der Waals surface area contributed by atoms with Crippen LogP contribution in [0.2, 0.25) is 0 Å². The zero-order chi connectivity index (χ0) is 13.4. The molecule has 2 aliphatic rings. The van der Waals surface area contributed by atoms with Gasteiger partial charge in [-0.1, -0.05) is 0 Å². The number of amidine groups is 2. The molecule has 2 aliphatic heterocycles. The molecule has 7 nitrogen and oxygen atoms in total. The predicted molar refractivity (Wildman–Crippen MR) is 59.9 cm³/mol. The van der Waals surface area contributed by atoms with Gasteiger partial charge in [-0.3, -0.25) is 5.87 Å². The van der Waals surface area contributed by atoms with Crippen molar-refractivity contribution in [3.05, 3.63) is 22.3 Å². The second-order valence-corrected chi connectivity index (χ2v) is 3.67. The van der Waals surface area contributed by atoms with E-state index in [-0.39, 0.29) is 28.5 Å². The van der Waals surface area contributed by atoms with Gasteiger partial charge in [0.15, 0.2) is 11.8 Å². The topological polar surface area (TPSA) is 147 Å². The lowest BCUT2D eigenvalue weighted by molar-refractivity contribution is -0.337. The summed E-state index contributed by atoms with van der Waals surface area (Å²) < 4.78 is 1.15. The summed E-state index contributed by atoms with van der Waals surface area (Å²) in [7, 11) is 0. The van der Waals surface area contributed by atoms with Crippen LogP contribution in [0.4, 0.5) is 0 Å². The number of nitrogens with zero attached hydrogens (tertiary/aromatic N) is 5. The van der Waals surface area contributed by atoms with Crippen LogP contribution in [0.25, 0.3) is 5.41 Å². The Bertz CT molecular complexity index is 710. The first-order valence-corrected chi connectivity index (χ1v) is 4.84. The number of nitrogens with one attached hydrogen (secondary N) is 1. The van der Waals surface area contributed by atoms with Gasteiger partial charge in [0, 0.05) is 5.57 Å². The standard InChI is InChI=1S/C11H4N7/c12-1-5-7(3-14)10(16)18-9(5)6(2-13)8(4-15)11(18)17/h7-8,16-17H/q-1/p+1. The third kappa shape index (κ3) is 1.07. The molecule has 0 radical (unpaired) electrons. The normalized spacial score (nSPS) is 25.4. The number of fused-ring (bicyclic) bond motifs is 1.